The van der Waals surface area contributed by atoms with Crippen LogP contribution in [-0.4, -0.2) is 37.8 Å². The summed E-state index contributed by atoms with van der Waals surface area (Å²) in [5, 5.41) is 10.6. The van der Waals surface area contributed by atoms with Crippen molar-refractivity contribution in [3.8, 4) is 5.75 Å². The Kier molecular flexibility index (Phi) is 5.19. The van der Waals surface area contributed by atoms with Crippen LogP contribution in [0.5, 0.6) is 5.75 Å². The van der Waals surface area contributed by atoms with Gasteiger partial charge in [0.1, 0.15) is 5.75 Å². The van der Waals surface area contributed by atoms with E-state index in [1.54, 1.807) is 0 Å². The van der Waals surface area contributed by atoms with Crippen molar-refractivity contribution >= 4 is 11.7 Å². The maximum atomic E-state index is 13.1. The van der Waals surface area contributed by atoms with Crippen LogP contribution in [0, 0.1) is 15.9 Å². The minimum Gasteiger partial charge on any atom is -0.476 e. The molecule has 0 N–H and O–H groups in total. The molecule has 0 radical (unpaired) electrons. The molecule has 0 amide bonds. The van der Waals surface area contributed by atoms with Gasteiger partial charge in [-0.25, -0.2) is 4.79 Å². The van der Waals surface area contributed by atoms with Gasteiger partial charge >= 0.3 is 11.7 Å². The zero-order valence-electron chi connectivity index (χ0n) is 10.3. The third-order valence-corrected chi connectivity index (χ3v) is 2.17. The molecule has 1 aromatic rings. The number of rotatable bonds is 6. The number of carbonyl (C=O) groups excluding carboxylic acids is 1. The lowest BCUT2D eigenvalue weighted by atomic mass is 10.3. The van der Waals surface area contributed by atoms with Crippen LogP contribution >= 0.6 is 0 Å². The van der Waals surface area contributed by atoms with E-state index in [2.05, 4.69) is 4.74 Å². The third kappa shape index (κ3) is 3.88. The van der Waals surface area contributed by atoms with Crippen molar-refractivity contribution in [3.05, 3.63) is 34.1 Å². The van der Waals surface area contributed by atoms with E-state index in [-0.39, 0.29) is 12.4 Å². The number of nitro groups is 1. The van der Waals surface area contributed by atoms with Crippen LogP contribution < -0.4 is 4.74 Å². The molecular weight excluding hydrogens is 261 g/mol. The Morgan fingerprint density at radius 2 is 2.16 bits per heavy atom. The number of hydrogen-bond donors (Lipinski definition) is 0. The molecule has 0 saturated carbocycles. The van der Waals surface area contributed by atoms with Crippen molar-refractivity contribution in [3.63, 3.8) is 0 Å². The van der Waals surface area contributed by atoms with Crippen molar-refractivity contribution in [2.75, 3.05) is 20.8 Å². The maximum Gasteiger partial charge on any atom is 0.349 e. The molecule has 0 heterocycles. The van der Waals surface area contributed by atoms with Gasteiger partial charge < -0.3 is 14.2 Å². The summed E-state index contributed by atoms with van der Waals surface area (Å²) in [4.78, 5) is 21.0. The second-order valence-corrected chi connectivity index (χ2v) is 3.46. The van der Waals surface area contributed by atoms with Gasteiger partial charge in [0.05, 0.1) is 24.7 Å². The van der Waals surface area contributed by atoms with Gasteiger partial charge in [0, 0.05) is 7.11 Å². The maximum absolute atomic E-state index is 13.1. The Labute approximate surface area is 108 Å². The lowest BCUT2D eigenvalue weighted by Crippen LogP contribution is -2.33. The molecule has 8 heteroatoms. The fourth-order valence-corrected chi connectivity index (χ4v) is 1.30. The van der Waals surface area contributed by atoms with Gasteiger partial charge in [0.25, 0.3) is 0 Å². The predicted molar refractivity (Wildman–Crippen MR) is 61.4 cm³/mol. The summed E-state index contributed by atoms with van der Waals surface area (Å²) >= 11 is 0. The second-order valence-electron chi connectivity index (χ2n) is 3.46. The van der Waals surface area contributed by atoms with Crippen LogP contribution in [0.1, 0.15) is 0 Å². The first-order valence-corrected chi connectivity index (χ1v) is 5.17. The molecule has 19 heavy (non-hydrogen) atoms. The number of esters is 1. The van der Waals surface area contributed by atoms with Gasteiger partial charge in [0.2, 0.25) is 11.9 Å². The first-order chi connectivity index (χ1) is 8.99. The molecule has 0 aromatic heterocycles. The summed E-state index contributed by atoms with van der Waals surface area (Å²) in [7, 11) is 2.52. The molecule has 104 valence electrons. The average Bonchev–Trinajstić information content (AvgIpc) is 2.39. The summed E-state index contributed by atoms with van der Waals surface area (Å²) in [6, 6.07) is 2.95. The van der Waals surface area contributed by atoms with Crippen LogP contribution in [-0.2, 0) is 14.3 Å². The van der Waals surface area contributed by atoms with E-state index in [0.717, 1.165) is 12.1 Å². The van der Waals surface area contributed by atoms with E-state index in [9.17, 15) is 19.3 Å². The number of hydrogen-bond acceptors (Lipinski definition) is 6. The standard InChI is InChI=1S/C11H12FNO6/c1-17-6-10(11(14)18-2)19-7-3-4-8(12)9(5-7)13(15)16/h3-5,10H,6H2,1-2H3. The molecule has 0 fully saturated rings. The highest BCUT2D eigenvalue weighted by molar-refractivity contribution is 5.75. The van der Waals surface area contributed by atoms with Crippen LogP contribution in [0.15, 0.2) is 18.2 Å². The van der Waals surface area contributed by atoms with Crippen molar-refractivity contribution in [2.45, 2.75) is 6.10 Å². The minimum absolute atomic E-state index is 0.0273. The lowest BCUT2D eigenvalue weighted by Gasteiger charge is -2.15. The fourth-order valence-electron chi connectivity index (χ4n) is 1.30. The number of carbonyl (C=O) groups is 1. The first kappa shape index (κ1) is 14.8. The van der Waals surface area contributed by atoms with Crippen LogP contribution in [0.4, 0.5) is 10.1 Å². The zero-order valence-corrected chi connectivity index (χ0v) is 10.3. The molecule has 1 unspecified atom stereocenters. The molecule has 1 aromatic carbocycles. The predicted octanol–water partition coefficient (Wildman–Crippen LogP) is 1.30. The smallest absolute Gasteiger partial charge is 0.349 e. The molecule has 0 aliphatic heterocycles. The Morgan fingerprint density at radius 3 is 2.68 bits per heavy atom. The monoisotopic (exact) mass is 273 g/mol. The first-order valence-electron chi connectivity index (χ1n) is 5.17. The Bertz CT molecular complexity index is 478. The van der Waals surface area contributed by atoms with E-state index in [4.69, 9.17) is 9.47 Å². The van der Waals surface area contributed by atoms with Crippen LogP contribution in [0.2, 0.25) is 0 Å². The summed E-state index contributed by atoms with van der Waals surface area (Å²) < 4.78 is 27.6. The summed E-state index contributed by atoms with van der Waals surface area (Å²) in [5.74, 6) is -1.71. The average molecular weight is 273 g/mol. The zero-order chi connectivity index (χ0) is 14.4. The van der Waals surface area contributed by atoms with Crippen LogP contribution in [0.25, 0.3) is 0 Å². The van der Waals surface area contributed by atoms with Crippen LogP contribution in [0.3, 0.4) is 0 Å². The molecule has 0 aliphatic carbocycles. The normalized spacial score (nSPS) is 11.7. The molecule has 7 nitrogen and oxygen atoms in total. The van der Waals surface area contributed by atoms with E-state index >= 15 is 0 Å². The lowest BCUT2D eigenvalue weighted by molar-refractivity contribution is -0.387. The van der Waals surface area contributed by atoms with Gasteiger partial charge in [-0.3, -0.25) is 10.1 Å². The summed E-state index contributed by atoms with van der Waals surface area (Å²) in [6.45, 7) is -0.0994. The van der Waals surface area contributed by atoms with Gasteiger partial charge in [-0.1, -0.05) is 0 Å². The van der Waals surface area contributed by atoms with E-state index in [1.807, 2.05) is 0 Å². The third-order valence-electron chi connectivity index (χ3n) is 2.17. The van der Waals surface area contributed by atoms with Gasteiger partial charge in [-0.2, -0.15) is 4.39 Å². The molecule has 0 aliphatic rings. The van der Waals surface area contributed by atoms with Crippen molar-refractivity contribution < 1.29 is 28.3 Å². The summed E-state index contributed by atoms with van der Waals surface area (Å²) in [5.41, 5.74) is -0.737. The number of halogens is 1. The van der Waals surface area contributed by atoms with E-state index in [0.29, 0.717) is 0 Å². The highest BCUT2D eigenvalue weighted by Crippen LogP contribution is 2.24. The molecule has 1 rings (SSSR count). The second kappa shape index (κ2) is 6.64. The van der Waals surface area contributed by atoms with Gasteiger partial charge in [-0.05, 0) is 12.1 Å². The molecule has 1 atom stereocenters. The molecule has 0 saturated heterocycles. The van der Waals surface area contributed by atoms with Crippen molar-refractivity contribution in [2.24, 2.45) is 0 Å². The van der Waals surface area contributed by atoms with Gasteiger partial charge in [-0.15, -0.1) is 0 Å². The fraction of sp³-hybridized carbons (Fsp3) is 0.364. The minimum atomic E-state index is -1.08. The van der Waals surface area contributed by atoms with Gasteiger partial charge in [0.15, 0.2) is 0 Å². The Hall–Kier alpha value is -2.22. The largest absolute Gasteiger partial charge is 0.476 e. The SMILES string of the molecule is COCC(Oc1ccc(F)c([N+](=O)[O-])c1)C(=O)OC. The Balaban J connectivity index is 2.93. The number of nitro benzene ring substituents is 1. The summed E-state index contributed by atoms with van der Waals surface area (Å²) in [6.07, 6.45) is -1.08. The molecular formula is C11H12FNO6. The van der Waals surface area contributed by atoms with E-state index in [1.165, 1.54) is 20.3 Å². The van der Waals surface area contributed by atoms with Crippen molar-refractivity contribution in [1.82, 2.24) is 0 Å². The van der Waals surface area contributed by atoms with Crippen molar-refractivity contribution in [1.29, 1.82) is 0 Å². The topological polar surface area (TPSA) is 87.9 Å². The highest BCUT2D eigenvalue weighted by Gasteiger charge is 2.23. The number of nitrogens with zero attached hydrogens (tertiary/aromatic N) is 1. The number of methoxy groups -OCH3 is 2. The number of benzene rings is 1. The molecule has 0 bridgehead atoms. The highest BCUT2D eigenvalue weighted by atomic mass is 19.1. The van der Waals surface area contributed by atoms with E-state index < -0.39 is 28.5 Å². The number of ether oxygens (including phenoxy) is 3. The Morgan fingerprint density at radius 1 is 1.47 bits per heavy atom. The quantitative estimate of drug-likeness (QED) is 0.441. The molecule has 0 spiro atoms.